The molecule has 10 heteroatoms. The third-order valence-corrected chi connectivity index (χ3v) is 7.48. The van der Waals surface area contributed by atoms with Crippen molar-refractivity contribution >= 4 is 27.5 Å². The average molecular weight is 479 g/mol. The zero-order valence-corrected chi connectivity index (χ0v) is 19.4. The van der Waals surface area contributed by atoms with Crippen molar-refractivity contribution in [1.29, 1.82) is 5.26 Å². The Labute approximate surface area is 196 Å². The maximum Gasteiger partial charge on any atom is 0.269 e. The largest absolute Gasteiger partial charge is 0.438 e. The molecule has 1 aliphatic heterocycles. The number of nitrogens with one attached hydrogen (secondary N) is 1. The molecule has 174 valence electrons. The van der Waals surface area contributed by atoms with Crippen LogP contribution in [0.5, 0.6) is 11.6 Å². The van der Waals surface area contributed by atoms with Crippen LogP contribution in [0.4, 0.5) is 0 Å². The van der Waals surface area contributed by atoms with E-state index in [4.69, 9.17) is 4.74 Å². The van der Waals surface area contributed by atoms with E-state index in [9.17, 15) is 23.3 Å². The van der Waals surface area contributed by atoms with Gasteiger partial charge in [0, 0.05) is 12.2 Å². The summed E-state index contributed by atoms with van der Waals surface area (Å²) in [5, 5.41) is 12.2. The maximum absolute atomic E-state index is 13.3. The standard InChI is InChI=1S/C24H22N4O5S/c1-15-6-5-7-20(16(15)2)33-23-19(24(30)28-10-4-3-8-21(28)27-23)12-17(13-25)22(29)26-18-9-11-34(31,32)14-18/h3-8,10,12,18H,9,11,14H2,1-2H3,(H,26,29)/b17-12+. The normalized spacial score (nSPS) is 17.3. The van der Waals surface area contributed by atoms with Crippen molar-refractivity contribution in [3.05, 3.63) is 75.2 Å². The van der Waals surface area contributed by atoms with Crippen LogP contribution in [0, 0.1) is 25.2 Å². The second kappa shape index (κ2) is 9.11. The molecule has 1 atom stereocenters. The fourth-order valence-electron chi connectivity index (χ4n) is 3.69. The van der Waals surface area contributed by atoms with Gasteiger partial charge < -0.3 is 10.1 Å². The van der Waals surface area contributed by atoms with Gasteiger partial charge in [0.25, 0.3) is 11.5 Å². The topological polar surface area (TPSA) is 131 Å². The molecule has 1 aliphatic rings. The van der Waals surface area contributed by atoms with Gasteiger partial charge in [-0.15, -0.1) is 0 Å². The molecule has 0 aliphatic carbocycles. The Morgan fingerprint density at radius 3 is 2.76 bits per heavy atom. The first-order chi connectivity index (χ1) is 16.2. The fraction of sp³-hybridized carbons (Fsp3) is 0.250. The van der Waals surface area contributed by atoms with Crippen molar-refractivity contribution in [2.24, 2.45) is 0 Å². The lowest BCUT2D eigenvalue weighted by Gasteiger charge is -2.13. The number of fused-ring (bicyclic) bond motifs is 1. The summed E-state index contributed by atoms with van der Waals surface area (Å²) < 4.78 is 30.7. The van der Waals surface area contributed by atoms with Crippen LogP contribution in [-0.4, -0.2) is 41.3 Å². The molecule has 1 unspecified atom stereocenters. The smallest absolute Gasteiger partial charge is 0.269 e. The van der Waals surface area contributed by atoms with Gasteiger partial charge in [-0.2, -0.15) is 10.2 Å². The quantitative estimate of drug-likeness (QED) is 0.440. The zero-order valence-electron chi connectivity index (χ0n) is 18.6. The molecule has 0 radical (unpaired) electrons. The SMILES string of the molecule is Cc1cccc(Oc2nc3ccccn3c(=O)c2/C=C(\C#N)C(=O)NC2CCS(=O)(=O)C2)c1C. The van der Waals surface area contributed by atoms with Gasteiger partial charge in [-0.3, -0.25) is 14.0 Å². The summed E-state index contributed by atoms with van der Waals surface area (Å²) in [7, 11) is -3.21. The number of amides is 1. The van der Waals surface area contributed by atoms with Gasteiger partial charge in [0.15, 0.2) is 9.84 Å². The van der Waals surface area contributed by atoms with Crippen LogP contribution in [0.1, 0.15) is 23.1 Å². The molecule has 0 saturated carbocycles. The lowest BCUT2D eigenvalue weighted by atomic mass is 10.1. The first-order valence-corrected chi connectivity index (χ1v) is 12.4. The van der Waals surface area contributed by atoms with Crippen LogP contribution in [0.3, 0.4) is 0 Å². The van der Waals surface area contributed by atoms with Crippen LogP contribution >= 0.6 is 0 Å². The molecule has 0 bridgehead atoms. The molecule has 34 heavy (non-hydrogen) atoms. The van der Waals surface area contributed by atoms with E-state index in [0.717, 1.165) is 17.2 Å². The number of hydrogen-bond donors (Lipinski definition) is 1. The molecular weight excluding hydrogens is 456 g/mol. The minimum Gasteiger partial charge on any atom is -0.438 e. The summed E-state index contributed by atoms with van der Waals surface area (Å²) in [5.74, 6) is -0.527. The zero-order chi connectivity index (χ0) is 24.5. The van der Waals surface area contributed by atoms with Gasteiger partial charge in [0.1, 0.15) is 28.6 Å². The number of rotatable bonds is 5. The molecule has 3 heterocycles. The minimum atomic E-state index is -3.21. The van der Waals surface area contributed by atoms with E-state index < -0.39 is 27.3 Å². The summed E-state index contributed by atoms with van der Waals surface area (Å²) in [6.07, 6.45) is 2.93. The molecule has 1 fully saturated rings. The number of carbonyl (C=O) groups is 1. The van der Waals surface area contributed by atoms with Crippen LogP contribution in [0.25, 0.3) is 11.7 Å². The second-order valence-corrected chi connectivity index (χ2v) is 10.3. The van der Waals surface area contributed by atoms with Crippen molar-refractivity contribution in [2.75, 3.05) is 11.5 Å². The number of hydrogen-bond acceptors (Lipinski definition) is 7. The van der Waals surface area contributed by atoms with Crippen LogP contribution in [0.15, 0.2) is 53.0 Å². The van der Waals surface area contributed by atoms with Gasteiger partial charge in [-0.25, -0.2) is 8.42 Å². The lowest BCUT2D eigenvalue weighted by Crippen LogP contribution is -2.36. The molecule has 4 rings (SSSR count). The van der Waals surface area contributed by atoms with Gasteiger partial charge in [0.05, 0.1) is 11.5 Å². The number of pyridine rings is 1. The molecule has 1 amide bonds. The van der Waals surface area contributed by atoms with Gasteiger partial charge in [-0.1, -0.05) is 18.2 Å². The highest BCUT2D eigenvalue weighted by Crippen LogP contribution is 2.28. The van der Waals surface area contributed by atoms with E-state index in [-0.39, 0.29) is 34.9 Å². The minimum absolute atomic E-state index is 0.0205. The summed E-state index contributed by atoms with van der Waals surface area (Å²) in [5.41, 5.74) is 1.23. The summed E-state index contributed by atoms with van der Waals surface area (Å²) >= 11 is 0. The van der Waals surface area contributed by atoms with Crippen LogP contribution in [0.2, 0.25) is 0 Å². The number of carbonyl (C=O) groups excluding carboxylic acids is 1. The van der Waals surface area contributed by atoms with Crippen LogP contribution in [-0.2, 0) is 14.6 Å². The molecule has 1 aromatic carbocycles. The van der Waals surface area contributed by atoms with E-state index in [1.165, 1.54) is 10.6 Å². The van der Waals surface area contributed by atoms with Crippen molar-refractivity contribution in [2.45, 2.75) is 26.3 Å². The Hall–Kier alpha value is -3.97. The van der Waals surface area contributed by atoms with Crippen molar-refractivity contribution in [3.8, 4) is 17.7 Å². The summed E-state index contributed by atoms with van der Waals surface area (Å²) in [6, 6.07) is 11.7. The van der Waals surface area contributed by atoms with Gasteiger partial charge in [0.2, 0.25) is 5.88 Å². The highest BCUT2D eigenvalue weighted by molar-refractivity contribution is 7.91. The van der Waals surface area contributed by atoms with Crippen molar-refractivity contribution < 1.29 is 17.9 Å². The van der Waals surface area contributed by atoms with E-state index in [1.54, 1.807) is 30.3 Å². The second-order valence-electron chi connectivity index (χ2n) is 8.11. The van der Waals surface area contributed by atoms with E-state index in [2.05, 4.69) is 10.3 Å². The van der Waals surface area contributed by atoms with E-state index >= 15 is 0 Å². The number of nitrogens with zero attached hydrogens (tertiary/aromatic N) is 3. The Balaban J connectivity index is 1.78. The number of aryl methyl sites for hydroxylation is 1. The van der Waals surface area contributed by atoms with Gasteiger partial charge in [-0.05, 0) is 55.7 Å². The summed E-state index contributed by atoms with van der Waals surface area (Å²) in [6.45, 7) is 3.80. The predicted molar refractivity (Wildman–Crippen MR) is 126 cm³/mol. The molecule has 3 aromatic rings. The highest BCUT2D eigenvalue weighted by atomic mass is 32.2. The third-order valence-electron chi connectivity index (χ3n) is 5.72. The maximum atomic E-state index is 13.3. The molecule has 2 aromatic heterocycles. The molecule has 1 N–H and O–H groups in total. The Kier molecular flexibility index (Phi) is 6.22. The number of benzene rings is 1. The summed E-state index contributed by atoms with van der Waals surface area (Å²) in [4.78, 5) is 30.4. The molecule has 9 nitrogen and oxygen atoms in total. The van der Waals surface area contributed by atoms with Crippen molar-refractivity contribution in [1.82, 2.24) is 14.7 Å². The number of sulfone groups is 1. The number of ether oxygens (including phenoxy) is 1. The van der Waals surface area contributed by atoms with Crippen LogP contribution < -0.4 is 15.6 Å². The monoisotopic (exact) mass is 478 g/mol. The Bertz CT molecular complexity index is 1530. The average Bonchev–Trinajstić information content (AvgIpc) is 3.14. The Morgan fingerprint density at radius 1 is 1.26 bits per heavy atom. The van der Waals surface area contributed by atoms with E-state index in [0.29, 0.717) is 11.4 Å². The lowest BCUT2D eigenvalue weighted by molar-refractivity contribution is -0.117. The number of nitriles is 1. The van der Waals surface area contributed by atoms with Crippen molar-refractivity contribution in [3.63, 3.8) is 0 Å². The first-order valence-electron chi connectivity index (χ1n) is 10.6. The highest BCUT2D eigenvalue weighted by Gasteiger charge is 2.30. The third kappa shape index (κ3) is 4.70. The van der Waals surface area contributed by atoms with Gasteiger partial charge >= 0.3 is 0 Å². The predicted octanol–water partition coefficient (Wildman–Crippen LogP) is 2.31. The molecule has 1 saturated heterocycles. The Morgan fingerprint density at radius 2 is 2.06 bits per heavy atom. The molecule has 0 spiro atoms. The molecular formula is C24H22N4O5S. The fourth-order valence-corrected chi connectivity index (χ4v) is 5.36. The number of aromatic nitrogens is 2. The first kappa shape index (κ1) is 23.2. The van der Waals surface area contributed by atoms with E-state index in [1.807, 2.05) is 26.0 Å².